The first-order chi connectivity index (χ1) is 15.9. The third kappa shape index (κ3) is 4.30. The van der Waals surface area contributed by atoms with Crippen molar-refractivity contribution < 1.29 is 13.6 Å². The number of carbonyl (C=O) groups excluding carboxylic acids is 1. The number of aldehydes is 1. The van der Waals surface area contributed by atoms with E-state index in [1.165, 1.54) is 18.3 Å². The molecule has 8 heteroatoms. The highest BCUT2D eigenvalue weighted by molar-refractivity contribution is 8.00. The van der Waals surface area contributed by atoms with Gasteiger partial charge in [-0.25, -0.2) is 8.78 Å². The molecule has 0 heterocycles. The molecule has 1 aliphatic carbocycles. The smallest absolute Gasteiger partial charge is 0.141 e. The SMILES string of the molecule is CNc1c(-c2ccc(C=N)c(N)c2)cc(NSc2ccc(F)cc2F)cc1C1(C=O)CCC1. The minimum Gasteiger partial charge on any atom is -0.398 e. The topological polar surface area (TPSA) is 91.0 Å². The second kappa shape index (κ2) is 9.23. The van der Waals surface area contributed by atoms with E-state index in [0.717, 1.165) is 65.9 Å². The number of rotatable bonds is 8. The van der Waals surface area contributed by atoms with Crippen molar-refractivity contribution in [1.29, 1.82) is 5.41 Å². The highest BCUT2D eigenvalue weighted by atomic mass is 32.2. The van der Waals surface area contributed by atoms with Gasteiger partial charge in [-0.1, -0.05) is 18.6 Å². The van der Waals surface area contributed by atoms with E-state index in [9.17, 15) is 13.6 Å². The van der Waals surface area contributed by atoms with Crippen LogP contribution in [0.25, 0.3) is 11.1 Å². The number of anilines is 3. The standard InChI is InChI=1S/C25H24F2N4OS/c1-30-24-19(15-3-4-16(13-28)22(29)9-15)11-18(12-20(24)25(14-32)7-2-8-25)31-33-23-6-5-17(26)10-21(23)27/h3-6,9-14,28,30-31H,2,7-8,29H2,1H3. The van der Waals surface area contributed by atoms with E-state index in [-0.39, 0.29) is 4.90 Å². The van der Waals surface area contributed by atoms with Crippen LogP contribution in [0.3, 0.4) is 0 Å². The Bertz CT molecular complexity index is 1230. The number of halogens is 2. The number of hydrogen-bond acceptors (Lipinski definition) is 6. The van der Waals surface area contributed by atoms with Crippen LogP contribution in [0.2, 0.25) is 0 Å². The summed E-state index contributed by atoms with van der Waals surface area (Å²) in [5, 5.41) is 10.7. The maximum Gasteiger partial charge on any atom is 0.141 e. The third-order valence-corrected chi connectivity index (χ3v) is 7.01. The molecule has 1 saturated carbocycles. The Labute approximate surface area is 195 Å². The summed E-state index contributed by atoms with van der Waals surface area (Å²) < 4.78 is 30.5. The van der Waals surface area contributed by atoms with Crippen LogP contribution < -0.4 is 15.8 Å². The van der Waals surface area contributed by atoms with Crippen molar-refractivity contribution in [2.24, 2.45) is 0 Å². The number of benzene rings is 3. The minimum atomic E-state index is -0.654. The normalized spacial score (nSPS) is 14.3. The maximum atomic E-state index is 14.1. The molecule has 0 atom stereocenters. The molecule has 1 aliphatic rings. The summed E-state index contributed by atoms with van der Waals surface area (Å²) in [6, 6.07) is 12.7. The van der Waals surface area contributed by atoms with Gasteiger partial charge in [-0.2, -0.15) is 0 Å². The number of nitrogens with one attached hydrogen (secondary N) is 3. The lowest BCUT2D eigenvalue weighted by Gasteiger charge is -2.39. The van der Waals surface area contributed by atoms with Gasteiger partial charge in [-0.3, -0.25) is 0 Å². The number of carbonyl (C=O) groups is 1. The fourth-order valence-corrected chi connectivity index (χ4v) is 4.78. The van der Waals surface area contributed by atoms with Gasteiger partial charge in [-0.05, 0) is 66.2 Å². The van der Waals surface area contributed by atoms with E-state index in [1.807, 2.05) is 25.2 Å². The molecule has 0 spiro atoms. The van der Waals surface area contributed by atoms with Gasteiger partial charge in [0.15, 0.2) is 0 Å². The molecule has 3 aromatic carbocycles. The molecule has 170 valence electrons. The lowest BCUT2D eigenvalue weighted by Crippen LogP contribution is -2.36. The molecule has 0 radical (unpaired) electrons. The van der Waals surface area contributed by atoms with Gasteiger partial charge in [0.25, 0.3) is 0 Å². The van der Waals surface area contributed by atoms with Crippen LogP contribution in [0.4, 0.5) is 25.8 Å². The first-order valence-electron chi connectivity index (χ1n) is 10.5. The molecule has 0 aromatic heterocycles. The van der Waals surface area contributed by atoms with Gasteiger partial charge in [0.05, 0.1) is 10.3 Å². The maximum absolute atomic E-state index is 14.1. The van der Waals surface area contributed by atoms with Gasteiger partial charge in [0.2, 0.25) is 0 Å². The Hall–Kier alpha value is -3.39. The zero-order chi connectivity index (χ0) is 23.6. The molecule has 0 saturated heterocycles. The van der Waals surface area contributed by atoms with E-state index in [1.54, 1.807) is 12.1 Å². The Kier molecular flexibility index (Phi) is 6.37. The Morgan fingerprint density at radius 2 is 1.91 bits per heavy atom. The first-order valence-corrected chi connectivity index (χ1v) is 11.3. The van der Waals surface area contributed by atoms with Gasteiger partial charge < -0.3 is 26.0 Å². The fourth-order valence-electron chi connectivity index (χ4n) is 4.14. The van der Waals surface area contributed by atoms with Crippen LogP contribution >= 0.6 is 11.9 Å². The molecule has 4 rings (SSSR count). The summed E-state index contributed by atoms with van der Waals surface area (Å²) in [7, 11) is 1.81. The lowest BCUT2D eigenvalue weighted by atomic mass is 9.64. The van der Waals surface area contributed by atoms with Crippen LogP contribution in [0.15, 0.2) is 53.4 Å². The molecule has 33 heavy (non-hydrogen) atoms. The van der Waals surface area contributed by atoms with E-state index in [0.29, 0.717) is 16.9 Å². The first kappa shape index (κ1) is 22.8. The van der Waals surface area contributed by atoms with Crippen molar-refractivity contribution in [3.8, 4) is 11.1 Å². The van der Waals surface area contributed by atoms with Gasteiger partial charge in [0, 0.05) is 47.5 Å². The van der Waals surface area contributed by atoms with Gasteiger partial charge in [0.1, 0.15) is 17.9 Å². The zero-order valence-corrected chi connectivity index (χ0v) is 18.9. The molecule has 3 aromatic rings. The minimum absolute atomic E-state index is 0.255. The summed E-state index contributed by atoms with van der Waals surface area (Å²) in [5.74, 6) is -1.29. The summed E-state index contributed by atoms with van der Waals surface area (Å²) >= 11 is 1.03. The van der Waals surface area contributed by atoms with Crippen molar-refractivity contribution in [3.05, 3.63) is 71.3 Å². The van der Waals surface area contributed by atoms with Crippen LogP contribution in [0, 0.1) is 17.0 Å². The summed E-state index contributed by atoms with van der Waals surface area (Å²) in [6.07, 6.45) is 4.68. The predicted molar refractivity (Wildman–Crippen MR) is 131 cm³/mol. The average molecular weight is 467 g/mol. The Morgan fingerprint density at radius 1 is 1.12 bits per heavy atom. The van der Waals surface area contributed by atoms with Crippen LogP contribution in [-0.2, 0) is 10.2 Å². The second-order valence-electron chi connectivity index (χ2n) is 8.09. The molecular formula is C25H24F2N4OS. The Balaban J connectivity index is 1.81. The van der Waals surface area contributed by atoms with Crippen molar-refractivity contribution in [2.75, 3.05) is 22.8 Å². The molecular weight excluding hydrogens is 442 g/mol. The van der Waals surface area contributed by atoms with E-state index in [4.69, 9.17) is 11.1 Å². The quantitative estimate of drug-likeness (QED) is 0.142. The number of nitrogen functional groups attached to an aromatic ring is 1. The number of nitrogens with two attached hydrogens (primary N) is 1. The summed E-state index contributed by atoms with van der Waals surface area (Å²) in [4.78, 5) is 12.4. The highest BCUT2D eigenvalue weighted by Crippen LogP contribution is 2.49. The lowest BCUT2D eigenvalue weighted by molar-refractivity contribution is -0.115. The van der Waals surface area contributed by atoms with E-state index < -0.39 is 17.0 Å². The second-order valence-corrected chi connectivity index (χ2v) is 8.94. The summed E-state index contributed by atoms with van der Waals surface area (Å²) in [6.45, 7) is 0. The Morgan fingerprint density at radius 3 is 2.48 bits per heavy atom. The molecule has 0 amide bonds. The number of hydrogen-bond donors (Lipinski definition) is 4. The summed E-state index contributed by atoms with van der Waals surface area (Å²) in [5.41, 5.74) is 10.6. The van der Waals surface area contributed by atoms with Crippen LogP contribution in [-0.4, -0.2) is 19.5 Å². The molecule has 5 nitrogen and oxygen atoms in total. The highest BCUT2D eigenvalue weighted by Gasteiger charge is 2.41. The zero-order valence-electron chi connectivity index (χ0n) is 18.0. The molecule has 0 unspecified atom stereocenters. The monoisotopic (exact) mass is 466 g/mol. The van der Waals surface area contributed by atoms with Crippen LogP contribution in [0.5, 0.6) is 0 Å². The van der Waals surface area contributed by atoms with Gasteiger partial charge >= 0.3 is 0 Å². The third-order valence-electron chi connectivity index (χ3n) is 6.12. The largest absolute Gasteiger partial charge is 0.398 e. The van der Waals surface area contributed by atoms with Gasteiger partial charge in [-0.15, -0.1) is 0 Å². The van der Waals surface area contributed by atoms with Crippen molar-refractivity contribution in [1.82, 2.24) is 0 Å². The van der Waals surface area contributed by atoms with Crippen LogP contribution in [0.1, 0.15) is 30.4 Å². The molecule has 5 N–H and O–H groups in total. The van der Waals surface area contributed by atoms with E-state index >= 15 is 0 Å². The van der Waals surface area contributed by atoms with Crippen molar-refractivity contribution in [2.45, 2.75) is 29.6 Å². The average Bonchev–Trinajstić information content (AvgIpc) is 2.78. The molecule has 1 fully saturated rings. The van der Waals surface area contributed by atoms with E-state index in [2.05, 4.69) is 10.0 Å². The predicted octanol–water partition coefficient (Wildman–Crippen LogP) is 5.99. The molecule has 0 bridgehead atoms. The fraction of sp³-hybridized carbons (Fsp3) is 0.200. The van der Waals surface area contributed by atoms with Crippen molar-refractivity contribution >= 4 is 41.5 Å². The van der Waals surface area contributed by atoms with Crippen molar-refractivity contribution in [3.63, 3.8) is 0 Å². The molecule has 0 aliphatic heterocycles.